The van der Waals surface area contributed by atoms with Crippen molar-refractivity contribution in [3.8, 4) is 0 Å². The number of carbonyl (C=O) groups is 2. The number of nitrogens with one attached hydrogen (secondary N) is 1. The molecule has 0 spiro atoms. The van der Waals surface area contributed by atoms with Gasteiger partial charge in [0.15, 0.2) is 0 Å². The van der Waals surface area contributed by atoms with Gasteiger partial charge in [-0.1, -0.05) is 17.7 Å². The Morgan fingerprint density at radius 2 is 2.29 bits per heavy atom. The number of halogens is 1. The molecule has 2 N–H and O–H groups in total. The summed E-state index contributed by atoms with van der Waals surface area (Å²) in [5.74, 6) is 1.62. The van der Waals surface area contributed by atoms with Crippen LogP contribution in [0.25, 0.3) is 6.08 Å². The van der Waals surface area contributed by atoms with Crippen molar-refractivity contribution in [2.75, 3.05) is 18.1 Å². The van der Waals surface area contributed by atoms with Crippen LogP contribution < -0.4 is 5.32 Å². The molecule has 4 nitrogen and oxygen atoms in total. The number of hydrogen-bond donors (Lipinski definition) is 2. The highest BCUT2D eigenvalue weighted by Crippen LogP contribution is 2.23. The number of hydrogen-bond acceptors (Lipinski definition) is 3. The molecule has 1 atom stereocenters. The molecule has 1 saturated heterocycles. The molecular weight excluding hydrogens is 310 g/mol. The zero-order valence-electron chi connectivity index (χ0n) is 11.3. The largest absolute Gasteiger partial charge is 0.478 e. The van der Waals surface area contributed by atoms with Gasteiger partial charge in [-0.05, 0) is 47.6 Å². The molecule has 0 aromatic heterocycles. The SMILES string of the molecule is O=C(O)/C=C/c1ccc(C(=O)NCC2CCSC2)cc1Cl. The fourth-order valence-corrected chi connectivity index (χ4v) is 3.58. The molecule has 1 amide bonds. The topological polar surface area (TPSA) is 66.4 Å². The lowest BCUT2D eigenvalue weighted by Crippen LogP contribution is -2.29. The van der Waals surface area contributed by atoms with Crippen molar-refractivity contribution in [2.45, 2.75) is 6.42 Å². The summed E-state index contributed by atoms with van der Waals surface area (Å²) in [6.45, 7) is 0.685. The third kappa shape index (κ3) is 4.79. The Balaban J connectivity index is 1.98. The zero-order valence-corrected chi connectivity index (χ0v) is 12.9. The standard InChI is InChI=1S/C15H16ClNO3S/c16-13-7-12(2-1-11(13)3-4-14(18)19)15(20)17-8-10-5-6-21-9-10/h1-4,7,10H,5-6,8-9H2,(H,17,20)(H,18,19)/b4-3+. The molecular formula is C15H16ClNO3S. The van der Waals surface area contributed by atoms with Crippen LogP contribution in [0, 0.1) is 5.92 Å². The average molecular weight is 326 g/mol. The molecule has 0 saturated carbocycles. The van der Waals surface area contributed by atoms with Gasteiger partial charge in [0.2, 0.25) is 0 Å². The van der Waals surface area contributed by atoms with E-state index in [1.807, 2.05) is 11.8 Å². The van der Waals surface area contributed by atoms with Crippen LogP contribution in [0.1, 0.15) is 22.3 Å². The van der Waals surface area contributed by atoms with Crippen LogP contribution in [0.15, 0.2) is 24.3 Å². The monoisotopic (exact) mass is 325 g/mol. The molecule has 1 unspecified atom stereocenters. The minimum Gasteiger partial charge on any atom is -0.478 e. The fraction of sp³-hybridized carbons (Fsp3) is 0.333. The number of carboxylic acids is 1. The molecule has 0 aliphatic carbocycles. The Hall–Kier alpha value is -1.46. The summed E-state index contributed by atoms with van der Waals surface area (Å²) < 4.78 is 0. The van der Waals surface area contributed by atoms with Gasteiger partial charge in [-0.3, -0.25) is 4.79 Å². The normalized spacial score (nSPS) is 18.0. The van der Waals surface area contributed by atoms with Crippen molar-refractivity contribution in [2.24, 2.45) is 5.92 Å². The number of amides is 1. The van der Waals surface area contributed by atoms with Gasteiger partial charge < -0.3 is 10.4 Å². The van der Waals surface area contributed by atoms with Crippen molar-refractivity contribution in [1.82, 2.24) is 5.32 Å². The van der Waals surface area contributed by atoms with E-state index in [2.05, 4.69) is 5.32 Å². The molecule has 0 bridgehead atoms. The summed E-state index contributed by atoms with van der Waals surface area (Å²) in [4.78, 5) is 22.5. The first-order chi connectivity index (χ1) is 10.1. The Morgan fingerprint density at radius 1 is 1.48 bits per heavy atom. The molecule has 112 valence electrons. The van der Waals surface area contributed by atoms with E-state index in [0.29, 0.717) is 28.6 Å². The van der Waals surface area contributed by atoms with Crippen LogP contribution in [0.3, 0.4) is 0 Å². The maximum atomic E-state index is 12.0. The summed E-state index contributed by atoms with van der Waals surface area (Å²) in [6.07, 6.45) is 3.56. The molecule has 0 radical (unpaired) electrons. The highest BCUT2D eigenvalue weighted by Gasteiger charge is 2.16. The van der Waals surface area contributed by atoms with E-state index in [1.165, 1.54) is 6.08 Å². The maximum Gasteiger partial charge on any atom is 0.328 e. The van der Waals surface area contributed by atoms with Crippen molar-refractivity contribution < 1.29 is 14.7 Å². The number of carboxylic acid groups (broad SMARTS) is 1. The van der Waals surface area contributed by atoms with E-state index in [1.54, 1.807) is 18.2 Å². The second-order valence-corrected chi connectivity index (χ2v) is 6.40. The van der Waals surface area contributed by atoms with Crippen molar-refractivity contribution in [3.05, 3.63) is 40.4 Å². The second-order valence-electron chi connectivity index (χ2n) is 4.85. The quantitative estimate of drug-likeness (QED) is 0.817. The average Bonchev–Trinajstić information content (AvgIpc) is 2.96. The molecule has 1 heterocycles. The predicted molar refractivity (Wildman–Crippen MR) is 85.9 cm³/mol. The minimum absolute atomic E-state index is 0.150. The van der Waals surface area contributed by atoms with E-state index in [-0.39, 0.29) is 5.91 Å². The Labute approximate surface area is 132 Å². The molecule has 1 fully saturated rings. The van der Waals surface area contributed by atoms with Gasteiger partial charge in [0.1, 0.15) is 0 Å². The van der Waals surface area contributed by atoms with Crippen molar-refractivity contribution in [3.63, 3.8) is 0 Å². The molecule has 1 aromatic carbocycles. The lowest BCUT2D eigenvalue weighted by molar-refractivity contribution is -0.131. The Kier molecular flexibility index (Phi) is 5.70. The third-order valence-electron chi connectivity index (χ3n) is 3.24. The van der Waals surface area contributed by atoms with Crippen LogP contribution in [0.4, 0.5) is 0 Å². The first-order valence-electron chi connectivity index (χ1n) is 6.63. The van der Waals surface area contributed by atoms with Crippen LogP contribution in [0.2, 0.25) is 5.02 Å². The van der Waals surface area contributed by atoms with Gasteiger partial charge in [-0.25, -0.2) is 4.79 Å². The van der Waals surface area contributed by atoms with E-state index in [0.717, 1.165) is 24.0 Å². The van der Waals surface area contributed by atoms with E-state index < -0.39 is 5.97 Å². The van der Waals surface area contributed by atoms with Gasteiger partial charge in [-0.2, -0.15) is 11.8 Å². The van der Waals surface area contributed by atoms with Crippen LogP contribution >= 0.6 is 23.4 Å². The van der Waals surface area contributed by atoms with Gasteiger partial charge in [-0.15, -0.1) is 0 Å². The van der Waals surface area contributed by atoms with E-state index in [4.69, 9.17) is 16.7 Å². The summed E-state index contributed by atoms with van der Waals surface area (Å²) in [5.41, 5.74) is 1.06. The smallest absolute Gasteiger partial charge is 0.328 e. The third-order valence-corrected chi connectivity index (χ3v) is 4.80. The summed E-state index contributed by atoms with van der Waals surface area (Å²) >= 11 is 7.97. The summed E-state index contributed by atoms with van der Waals surface area (Å²) in [7, 11) is 0. The number of aliphatic carboxylic acids is 1. The van der Waals surface area contributed by atoms with E-state index >= 15 is 0 Å². The summed E-state index contributed by atoms with van der Waals surface area (Å²) in [5, 5.41) is 11.9. The fourth-order valence-electron chi connectivity index (χ4n) is 2.05. The molecule has 2 rings (SSSR count). The molecule has 1 aliphatic heterocycles. The highest BCUT2D eigenvalue weighted by molar-refractivity contribution is 7.99. The predicted octanol–water partition coefficient (Wildman–Crippen LogP) is 2.92. The Morgan fingerprint density at radius 3 is 2.90 bits per heavy atom. The number of thioether (sulfide) groups is 1. The lowest BCUT2D eigenvalue weighted by Gasteiger charge is -2.10. The van der Waals surface area contributed by atoms with E-state index in [9.17, 15) is 9.59 Å². The zero-order chi connectivity index (χ0) is 15.2. The number of rotatable bonds is 5. The molecule has 1 aromatic rings. The second kappa shape index (κ2) is 7.52. The number of carbonyl (C=O) groups excluding carboxylic acids is 1. The molecule has 21 heavy (non-hydrogen) atoms. The molecule has 1 aliphatic rings. The van der Waals surface area contributed by atoms with Gasteiger partial charge in [0, 0.05) is 23.2 Å². The van der Waals surface area contributed by atoms with Crippen molar-refractivity contribution >= 4 is 41.3 Å². The van der Waals surface area contributed by atoms with Crippen LogP contribution in [-0.2, 0) is 4.79 Å². The Bertz CT molecular complexity index is 568. The maximum absolute atomic E-state index is 12.0. The molecule has 6 heteroatoms. The first kappa shape index (κ1) is 15.9. The van der Waals surface area contributed by atoms with Crippen molar-refractivity contribution in [1.29, 1.82) is 0 Å². The summed E-state index contributed by atoms with van der Waals surface area (Å²) in [6, 6.07) is 4.84. The lowest BCUT2D eigenvalue weighted by atomic mass is 10.1. The number of benzene rings is 1. The minimum atomic E-state index is -1.04. The van der Waals surface area contributed by atoms with Gasteiger partial charge >= 0.3 is 5.97 Å². The van der Waals surface area contributed by atoms with Gasteiger partial charge in [0.05, 0.1) is 0 Å². The van der Waals surface area contributed by atoms with Gasteiger partial charge in [0.25, 0.3) is 5.91 Å². The van der Waals surface area contributed by atoms with Crippen LogP contribution in [0.5, 0.6) is 0 Å². The first-order valence-corrected chi connectivity index (χ1v) is 8.16. The highest BCUT2D eigenvalue weighted by atomic mass is 35.5. The van der Waals surface area contributed by atoms with Crippen LogP contribution in [-0.4, -0.2) is 35.0 Å².